The number of carbonyl (C=O) groups excluding carboxylic acids is 2. The van der Waals surface area contributed by atoms with Crippen LogP contribution in [0.1, 0.15) is 78.8 Å². The maximum Gasteiger partial charge on any atom is 0.228 e. The van der Waals surface area contributed by atoms with Gasteiger partial charge in [-0.15, -0.1) is 11.3 Å². The second-order valence-corrected chi connectivity index (χ2v) is 13.3. The number of likely N-dealkylation sites (tertiary alicyclic amines) is 2. The van der Waals surface area contributed by atoms with Crippen LogP contribution in [-0.2, 0) is 29.5 Å². The Labute approximate surface area is 238 Å². The van der Waals surface area contributed by atoms with E-state index in [-0.39, 0.29) is 35.9 Å². The second kappa shape index (κ2) is 10.7. The summed E-state index contributed by atoms with van der Waals surface area (Å²) in [6.45, 7) is 10.5. The topological polar surface area (TPSA) is 134 Å². The minimum absolute atomic E-state index is 0.0753. The fourth-order valence-corrected chi connectivity index (χ4v) is 7.36. The van der Waals surface area contributed by atoms with Gasteiger partial charge in [0.05, 0.1) is 24.2 Å². The fourth-order valence-electron chi connectivity index (χ4n) is 6.57. The molecule has 0 unspecified atom stereocenters. The first-order valence-corrected chi connectivity index (χ1v) is 15.2. The summed E-state index contributed by atoms with van der Waals surface area (Å²) in [6, 6.07) is 0.602. The van der Waals surface area contributed by atoms with Gasteiger partial charge in [0.1, 0.15) is 16.4 Å². The molecule has 1 aliphatic carbocycles. The maximum absolute atomic E-state index is 13.4. The lowest BCUT2D eigenvalue weighted by Gasteiger charge is -2.41. The number of fused-ring (bicyclic) bond motifs is 3. The van der Waals surface area contributed by atoms with Crippen LogP contribution < -0.4 is 5.73 Å². The van der Waals surface area contributed by atoms with Gasteiger partial charge in [-0.05, 0) is 62.1 Å². The van der Waals surface area contributed by atoms with Gasteiger partial charge in [0.25, 0.3) is 0 Å². The Morgan fingerprint density at radius 3 is 2.58 bits per heavy atom. The lowest BCUT2D eigenvalue weighted by molar-refractivity contribution is -0.132. The Bertz CT molecular complexity index is 1410. The lowest BCUT2D eigenvalue weighted by Crippen LogP contribution is -2.49. The molecular weight excluding hydrogens is 524 g/mol. The number of nitrogens with one attached hydrogen (secondary N) is 1. The molecule has 3 aliphatic rings. The molecule has 3 N–H and O–H groups in total. The molecule has 2 fully saturated rings. The average Bonchev–Trinajstić information content (AvgIpc) is 3.58. The molecule has 6 rings (SSSR count). The van der Waals surface area contributed by atoms with Crippen molar-refractivity contribution in [2.24, 2.45) is 5.92 Å². The summed E-state index contributed by atoms with van der Waals surface area (Å²) in [5.74, 6) is 1.07. The van der Waals surface area contributed by atoms with E-state index in [0.29, 0.717) is 34.6 Å². The first-order valence-electron chi connectivity index (χ1n) is 14.4. The zero-order valence-electron chi connectivity index (χ0n) is 23.6. The van der Waals surface area contributed by atoms with Crippen molar-refractivity contribution in [2.75, 3.05) is 31.9 Å². The zero-order valence-corrected chi connectivity index (χ0v) is 24.4. The minimum atomic E-state index is -0.319. The van der Waals surface area contributed by atoms with Gasteiger partial charge in [0.2, 0.25) is 11.9 Å². The van der Waals surface area contributed by atoms with E-state index in [2.05, 4.69) is 50.8 Å². The fraction of sp³-hybridized carbons (Fsp3) is 0.586. The highest BCUT2D eigenvalue weighted by atomic mass is 32.1. The number of nitrogens with two attached hydrogens (primary N) is 1. The number of nitrogens with zero attached hydrogens (tertiary/aromatic N) is 6. The first-order chi connectivity index (χ1) is 19.2. The molecule has 0 aromatic carbocycles. The molecular formula is C29H38N8O2S. The number of carbonyl (C=O) groups is 2. The van der Waals surface area contributed by atoms with Crippen molar-refractivity contribution in [3.8, 4) is 11.4 Å². The van der Waals surface area contributed by atoms with E-state index in [9.17, 15) is 9.59 Å². The number of anilines is 1. The third kappa shape index (κ3) is 5.28. The van der Waals surface area contributed by atoms with Crippen LogP contribution in [0.3, 0.4) is 0 Å². The summed E-state index contributed by atoms with van der Waals surface area (Å²) in [7, 11) is 0. The monoisotopic (exact) mass is 562 g/mol. The number of hydrogen-bond acceptors (Lipinski definition) is 9. The third-order valence-electron chi connectivity index (χ3n) is 8.86. The van der Waals surface area contributed by atoms with E-state index in [0.717, 1.165) is 48.7 Å². The molecule has 2 aliphatic heterocycles. The van der Waals surface area contributed by atoms with Gasteiger partial charge in [-0.1, -0.05) is 20.8 Å². The number of nitrogen functional groups attached to an aromatic ring is 1. The van der Waals surface area contributed by atoms with E-state index in [1.54, 1.807) is 6.20 Å². The van der Waals surface area contributed by atoms with E-state index >= 15 is 0 Å². The van der Waals surface area contributed by atoms with Crippen LogP contribution in [0, 0.1) is 5.92 Å². The maximum atomic E-state index is 13.4. The number of hydrogen-bond donors (Lipinski definition) is 2. The Balaban J connectivity index is 1.07. The van der Waals surface area contributed by atoms with E-state index in [1.165, 1.54) is 37.3 Å². The number of rotatable bonds is 6. The van der Waals surface area contributed by atoms with Gasteiger partial charge in [0, 0.05) is 36.3 Å². The van der Waals surface area contributed by atoms with E-state index in [4.69, 9.17) is 5.73 Å². The lowest BCUT2D eigenvalue weighted by atomic mass is 9.73. The standard InChI is InChI=1S/C29H38N8O2S/c1-17-4-8-36(9-5-17)20-6-10-37(11-7-20)23(39)12-19-16-40-22(32-19)13-21(38)26-24-27(35-34-26)25-18(14-29(24,2)3)15-31-28(30)33-25/h15-17,20H,4-14H2,1-3H3,(H,34,35)(H2,30,31,33). The van der Waals surface area contributed by atoms with Crippen molar-refractivity contribution in [3.05, 3.63) is 39.1 Å². The smallest absolute Gasteiger partial charge is 0.228 e. The Morgan fingerprint density at radius 2 is 1.82 bits per heavy atom. The van der Waals surface area contributed by atoms with Crippen LogP contribution in [0.25, 0.3) is 11.4 Å². The normalized spacial score (nSPS) is 19.8. The number of amides is 1. The predicted octanol–water partition coefficient (Wildman–Crippen LogP) is 3.43. The number of aromatic nitrogens is 5. The molecule has 11 heteroatoms. The van der Waals surface area contributed by atoms with Crippen LogP contribution in [0.2, 0.25) is 0 Å². The van der Waals surface area contributed by atoms with Crippen LogP contribution in [0.15, 0.2) is 11.6 Å². The zero-order chi connectivity index (χ0) is 28.0. The Hall–Kier alpha value is -3.18. The number of Topliss-reactive ketones (excluding diaryl/α,β-unsaturated/α-hetero) is 1. The molecule has 0 radical (unpaired) electrons. The van der Waals surface area contributed by atoms with E-state index in [1.807, 2.05) is 10.3 Å². The van der Waals surface area contributed by atoms with Gasteiger partial charge < -0.3 is 15.5 Å². The molecule has 212 valence electrons. The Morgan fingerprint density at radius 1 is 1.07 bits per heavy atom. The molecule has 0 spiro atoms. The number of ketones is 1. The quantitative estimate of drug-likeness (QED) is 0.437. The summed E-state index contributed by atoms with van der Waals surface area (Å²) in [6.07, 6.45) is 7.53. The summed E-state index contributed by atoms with van der Waals surface area (Å²) in [5.41, 5.74) is 9.91. The molecule has 0 saturated carbocycles. The first kappa shape index (κ1) is 27.0. The Kier molecular flexibility index (Phi) is 7.20. The van der Waals surface area contributed by atoms with Crippen molar-refractivity contribution in [1.29, 1.82) is 0 Å². The predicted molar refractivity (Wildman–Crippen MR) is 154 cm³/mol. The molecule has 0 bridgehead atoms. The van der Waals surface area contributed by atoms with Crippen molar-refractivity contribution in [3.63, 3.8) is 0 Å². The third-order valence-corrected chi connectivity index (χ3v) is 9.75. The van der Waals surface area contributed by atoms with Crippen molar-refractivity contribution < 1.29 is 9.59 Å². The summed E-state index contributed by atoms with van der Waals surface area (Å²) in [4.78, 5) is 44.3. The largest absolute Gasteiger partial charge is 0.368 e. The molecule has 40 heavy (non-hydrogen) atoms. The molecule has 0 atom stereocenters. The van der Waals surface area contributed by atoms with E-state index < -0.39 is 0 Å². The highest BCUT2D eigenvalue weighted by molar-refractivity contribution is 7.09. The summed E-state index contributed by atoms with van der Waals surface area (Å²) >= 11 is 1.43. The molecule has 1 amide bonds. The molecule has 3 aromatic rings. The average molecular weight is 563 g/mol. The van der Waals surface area contributed by atoms with Crippen LogP contribution >= 0.6 is 11.3 Å². The molecule has 3 aromatic heterocycles. The van der Waals surface area contributed by atoms with Crippen LogP contribution in [0.5, 0.6) is 0 Å². The number of piperidine rings is 2. The number of aromatic amines is 1. The second-order valence-electron chi connectivity index (χ2n) is 12.3. The summed E-state index contributed by atoms with van der Waals surface area (Å²) in [5, 5.41) is 10.1. The van der Waals surface area contributed by atoms with Gasteiger partial charge in [0.15, 0.2) is 5.78 Å². The van der Waals surface area contributed by atoms with Crippen LogP contribution in [0.4, 0.5) is 5.95 Å². The van der Waals surface area contributed by atoms with Gasteiger partial charge in [-0.25, -0.2) is 15.0 Å². The highest BCUT2D eigenvalue weighted by Crippen LogP contribution is 2.43. The molecule has 10 nitrogen and oxygen atoms in total. The highest BCUT2D eigenvalue weighted by Gasteiger charge is 2.38. The van der Waals surface area contributed by atoms with Gasteiger partial charge >= 0.3 is 0 Å². The summed E-state index contributed by atoms with van der Waals surface area (Å²) < 4.78 is 0. The molecule has 5 heterocycles. The van der Waals surface area contributed by atoms with Crippen molar-refractivity contribution >= 4 is 29.0 Å². The van der Waals surface area contributed by atoms with Crippen molar-refractivity contribution in [1.82, 2.24) is 34.9 Å². The molecule has 2 saturated heterocycles. The number of thiazole rings is 1. The van der Waals surface area contributed by atoms with Crippen molar-refractivity contribution in [2.45, 2.75) is 77.2 Å². The SMILES string of the molecule is CC1CCN(C2CCN(C(=O)Cc3csc(CC(=O)c4[nH]nc5c4C(C)(C)Cc4cnc(N)nc4-5)n3)CC2)CC1. The number of H-pyrrole nitrogens is 1. The van der Waals surface area contributed by atoms with Gasteiger partial charge in [-0.2, -0.15) is 5.10 Å². The van der Waals surface area contributed by atoms with Gasteiger partial charge in [-0.3, -0.25) is 14.7 Å². The van der Waals surface area contributed by atoms with Crippen LogP contribution in [-0.4, -0.2) is 78.9 Å². The minimum Gasteiger partial charge on any atom is -0.368 e.